The second-order valence-electron chi connectivity index (χ2n) is 8.16. The lowest BCUT2D eigenvalue weighted by Crippen LogP contribution is -2.60. The number of amides is 3. The van der Waals surface area contributed by atoms with Gasteiger partial charge in [-0.05, 0) is 48.0 Å². The van der Waals surface area contributed by atoms with E-state index in [9.17, 15) is 9.59 Å². The Bertz CT molecular complexity index is 1350. The fraction of sp³-hybridized carbons (Fsp3) is 0.192. The SMILES string of the molecule is COc1cccc(C[N+]2=C3c4cc(OC)ccc4N(C)C3C(=O)N(c3cccc(Cl)c3)C2=O)c1. The molecule has 3 amide bonds. The quantitative estimate of drug-likeness (QED) is 0.512. The number of anilines is 2. The summed E-state index contributed by atoms with van der Waals surface area (Å²) in [5.41, 5.74) is 3.58. The summed E-state index contributed by atoms with van der Waals surface area (Å²) in [5.74, 6) is 1.01. The summed E-state index contributed by atoms with van der Waals surface area (Å²) in [6.45, 7) is 0.261. The Hall–Kier alpha value is -3.84. The highest BCUT2D eigenvalue weighted by Gasteiger charge is 2.55. The smallest absolute Gasteiger partial charge is 0.497 e. The summed E-state index contributed by atoms with van der Waals surface area (Å²) < 4.78 is 12.5. The van der Waals surface area contributed by atoms with E-state index in [4.69, 9.17) is 21.1 Å². The molecule has 2 aliphatic heterocycles. The Morgan fingerprint density at radius 1 is 0.941 bits per heavy atom. The lowest BCUT2D eigenvalue weighted by Gasteiger charge is -2.28. The van der Waals surface area contributed by atoms with E-state index < -0.39 is 12.1 Å². The highest BCUT2D eigenvalue weighted by atomic mass is 35.5. The van der Waals surface area contributed by atoms with Crippen molar-refractivity contribution >= 4 is 40.6 Å². The number of carbonyl (C=O) groups excluding carboxylic acids is 2. The summed E-state index contributed by atoms with van der Waals surface area (Å²) in [6.07, 6.45) is 0. The average molecular weight is 477 g/mol. The van der Waals surface area contributed by atoms with Gasteiger partial charge in [0, 0.05) is 29.4 Å². The van der Waals surface area contributed by atoms with E-state index >= 15 is 0 Å². The molecule has 0 aliphatic carbocycles. The number of hydrogen-bond donors (Lipinski definition) is 0. The van der Waals surface area contributed by atoms with Crippen LogP contribution in [0.15, 0.2) is 66.7 Å². The van der Waals surface area contributed by atoms with Crippen LogP contribution < -0.4 is 19.3 Å². The fourth-order valence-corrected chi connectivity index (χ4v) is 4.78. The molecule has 3 aromatic rings. The molecule has 0 bridgehead atoms. The Balaban J connectivity index is 1.72. The lowest BCUT2D eigenvalue weighted by atomic mass is 10.0. The van der Waals surface area contributed by atoms with Gasteiger partial charge >= 0.3 is 11.9 Å². The molecule has 172 valence electrons. The van der Waals surface area contributed by atoms with Crippen molar-refractivity contribution < 1.29 is 23.6 Å². The number of rotatable bonds is 5. The van der Waals surface area contributed by atoms with Crippen molar-refractivity contribution in [1.82, 2.24) is 0 Å². The molecule has 1 unspecified atom stereocenters. The second kappa shape index (κ2) is 8.50. The molecule has 0 fully saturated rings. The first-order valence-electron chi connectivity index (χ1n) is 10.7. The predicted molar refractivity (Wildman–Crippen MR) is 131 cm³/mol. The molecule has 34 heavy (non-hydrogen) atoms. The molecule has 0 saturated heterocycles. The number of imide groups is 1. The van der Waals surface area contributed by atoms with Gasteiger partial charge in [0.25, 0.3) is 0 Å². The zero-order valence-corrected chi connectivity index (χ0v) is 19.7. The van der Waals surface area contributed by atoms with Crippen LogP contribution in [0.4, 0.5) is 16.2 Å². The van der Waals surface area contributed by atoms with E-state index in [1.165, 1.54) is 4.90 Å². The summed E-state index contributed by atoms with van der Waals surface area (Å²) in [7, 11) is 5.05. The molecule has 0 spiro atoms. The number of carbonyl (C=O) groups is 2. The summed E-state index contributed by atoms with van der Waals surface area (Å²) in [6, 6.07) is 18.8. The Labute approximate surface area is 202 Å². The summed E-state index contributed by atoms with van der Waals surface area (Å²) in [4.78, 5) is 30.8. The third kappa shape index (κ3) is 3.49. The van der Waals surface area contributed by atoms with Crippen LogP contribution in [0, 0.1) is 0 Å². The molecule has 0 radical (unpaired) electrons. The minimum Gasteiger partial charge on any atom is -0.497 e. The standard InChI is InChI=1S/C26H23ClN3O4/c1-28-22-11-10-20(34-3)14-21(22)23-24(28)25(31)30(18-8-5-7-17(27)13-18)26(32)29(23)15-16-6-4-9-19(12-16)33-2/h4-14,24H,15H2,1-3H3/q+1. The van der Waals surface area contributed by atoms with Crippen LogP contribution in [0.3, 0.4) is 0 Å². The maximum Gasteiger partial charge on any atom is 0.506 e. The number of nitrogens with zero attached hydrogens (tertiary/aromatic N) is 3. The lowest BCUT2D eigenvalue weighted by molar-refractivity contribution is -0.445. The first kappa shape index (κ1) is 22.0. The molecule has 7 nitrogen and oxygen atoms in total. The minimum absolute atomic E-state index is 0.261. The van der Waals surface area contributed by atoms with Gasteiger partial charge in [0.15, 0.2) is 11.8 Å². The van der Waals surface area contributed by atoms with Crippen molar-refractivity contribution in [3.8, 4) is 11.5 Å². The monoisotopic (exact) mass is 476 g/mol. The van der Waals surface area contributed by atoms with Crippen molar-refractivity contribution in [2.75, 3.05) is 31.1 Å². The first-order valence-corrected chi connectivity index (χ1v) is 11.1. The molecule has 3 aromatic carbocycles. The van der Waals surface area contributed by atoms with Crippen LogP contribution in [0.5, 0.6) is 11.5 Å². The third-order valence-electron chi connectivity index (χ3n) is 6.21. The summed E-state index contributed by atoms with van der Waals surface area (Å²) >= 11 is 6.20. The maximum absolute atomic E-state index is 13.9. The normalized spacial score (nSPS) is 17.1. The van der Waals surface area contributed by atoms with Crippen molar-refractivity contribution in [3.05, 3.63) is 82.9 Å². The molecule has 1 atom stereocenters. The van der Waals surface area contributed by atoms with Crippen molar-refractivity contribution in [2.45, 2.75) is 12.6 Å². The van der Waals surface area contributed by atoms with Crippen LogP contribution in [0.25, 0.3) is 0 Å². The van der Waals surface area contributed by atoms with Crippen molar-refractivity contribution in [3.63, 3.8) is 0 Å². The molecule has 8 heteroatoms. The molecular formula is C26H23ClN3O4+. The number of hydrogen-bond acceptors (Lipinski definition) is 5. The van der Waals surface area contributed by atoms with Gasteiger partial charge in [0.2, 0.25) is 0 Å². The Morgan fingerprint density at radius 2 is 1.68 bits per heavy atom. The minimum atomic E-state index is -0.676. The van der Waals surface area contributed by atoms with Crippen LogP contribution in [-0.4, -0.2) is 49.5 Å². The van der Waals surface area contributed by atoms with Gasteiger partial charge in [-0.25, -0.2) is 4.79 Å². The number of benzene rings is 3. The molecule has 2 aliphatic rings. The highest BCUT2D eigenvalue weighted by Crippen LogP contribution is 2.38. The maximum atomic E-state index is 13.9. The van der Waals surface area contributed by atoms with Gasteiger partial charge < -0.3 is 14.4 Å². The molecule has 0 N–H and O–H groups in total. The number of likely N-dealkylation sites (N-methyl/N-ethyl adjacent to an activating group) is 1. The molecule has 0 aromatic heterocycles. The van der Waals surface area contributed by atoms with E-state index in [0.29, 0.717) is 27.9 Å². The average Bonchev–Trinajstić information content (AvgIpc) is 3.14. The van der Waals surface area contributed by atoms with Crippen LogP contribution in [0.2, 0.25) is 5.02 Å². The fourth-order valence-electron chi connectivity index (χ4n) is 4.60. The Morgan fingerprint density at radius 3 is 2.41 bits per heavy atom. The van der Waals surface area contributed by atoms with Gasteiger partial charge in [0.05, 0.1) is 14.2 Å². The van der Waals surface area contributed by atoms with Gasteiger partial charge in [-0.3, -0.25) is 0 Å². The van der Waals surface area contributed by atoms with Gasteiger partial charge in [0.1, 0.15) is 23.7 Å². The van der Waals surface area contributed by atoms with E-state index in [1.807, 2.05) is 54.4 Å². The third-order valence-corrected chi connectivity index (χ3v) is 6.45. The number of fused-ring (bicyclic) bond motifs is 3. The van der Waals surface area contributed by atoms with Crippen LogP contribution >= 0.6 is 11.6 Å². The Kier molecular flexibility index (Phi) is 5.49. The highest BCUT2D eigenvalue weighted by molar-refractivity contribution is 6.34. The molecule has 5 rings (SSSR count). The molecule has 0 saturated carbocycles. The van der Waals surface area contributed by atoms with Gasteiger partial charge in [-0.1, -0.05) is 29.8 Å². The number of methoxy groups -OCH3 is 2. The first-order chi connectivity index (χ1) is 16.4. The summed E-state index contributed by atoms with van der Waals surface area (Å²) in [5, 5.41) is 0.444. The number of urea groups is 1. The second-order valence-corrected chi connectivity index (χ2v) is 8.59. The van der Waals surface area contributed by atoms with Crippen molar-refractivity contribution in [1.29, 1.82) is 0 Å². The predicted octanol–water partition coefficient (Wildman–Crippen LogP) is 4.34. The van der Waals surface area contributed by atoms with Gasteiger partial charge in [-0.15, -0.1) is 4.90 Å². The van der Waals surface area contributed by atoms with Crippen LogP contribution in [-0.2, 0) is 11.3 Å². The largest absolute Gasteiger partial charge is 0.506 e. The topological polar surface area (TPSA) is 62.1 Å². The van der Waals surface area contributed by atoms with E-state index in [1.54, 1.807) is 43.1 Å². The van der Waals surface area contributed by atoms with Crippen LogP contribution in [0.1, 0.15) is 11.1 Å². The van der Waals surface area contributed by atoms with Crippen molar-refractivity contribution in [2.24, 2.45) is 0 Å². The van der Waals surface area contributed by atoms with Gasteiger partial charge in [-0.2, -0.15) is 9.37 Å². The molecule has 2 heterocycles. The zero-order valence-electron chi connectivity index (χ0n) is 19.0. The zero-order chi connectivity index (χ0) is 24.0. The van der Waals surface area contributed by atoms with E-state index in [0.717, 1.165) is 16.8 Å². The van der Waals surface area contributed by atoms with E-state index in [-0.39, 0.29) is 12.5 Å². The number of halogens is 1. The van der Waals surface area contributed by atoms with E-state index in [2.05, 4.69) is 0 Å². The molecular weight excluding hydrogens is 454 g/mol. The number of ether oxygens (including phenoxy) is 2.